The SMILES string of the molecule is CC(=O)c1ncc(N)nc1N1CCC2(CC1)Oc1ccccc1[C@H]2N[S+]([O-])C(C)(C)C. The number of fused-ring (bicyclic) bond motifs is 1. The molecule has 2 aliphatic heterocycles. The van der Waals surface area contributed by atoms with Crippen LogP contribution in [0.25, 0.3) is 0 Å². The lowest BCUT2D eigenvalue weighted by Gasteiger charge is -2.43. The first-order valence-corrected chi connectivity index (χ1v) is 11.6. The van der Waals surface area contributed by atoms with Gasteiger partial charge in [-0.2, -0.15) is 0 Å². The molecule has 4 rings (SSSR count). The van der Waals surface area contributed by atoms with Crippen LogP contribution in [0.3, 0.4) is 0 Å². The molecule has 0 aliphatic carbocycles. The summed E-state index contributed by atoms with van der Waals surface area (Å²) in [5, 5.41) is 0. The monoisotopic (exact) mass is 443 g/mol. The molecule has 8 nitrogen and oxygen atoms in total. The second-order valence-electron chi connectivity index (χ2n) is 9.15. The van der Waals surface area contributed by atoms with E-state index in [1.165, 1.54) is 13.1 Å². The molecule has 166 valence electrons. The fourth-order valence-corrected chi connectivity index (χ4v) is 5.09. The first-order valence-electron chi connectivity index (χ1n) is 10.5. The summed E-state index contributed by atoms with van der Waals surface area (Å²) in [6, 6.07) is 7.73. The molecule has 1 aromatic carbocycles. The maximum Gasteiger partial charge on any atom is 0.181 e. The van der Waals surface area contributed by atoms with Gasteiger partial charge in [0.15, 0.2) is 11.6 Å². The zero-order valence-corrected chi connectivity index (χ0v) is 19.2. The number of hydrogen-bond acceptors (Lipinski definition) is 8. The Kier molecular flexibility index (Phi) is 5.61. The Balaban J connectivity index is 1.61. The van der Waals surface area contributed by atoms with Gasteiger partial charge in [-0.3, -0.25) is 4.79 Å². The number of hydrogen-bond donors (Lipinski definition) is 2. The Bertz CT molecular complexity index is 985. The molecule has 2 aromatic rings. The highest BCUT2D eigenvalue weighted by atomic mass is 32.2. The molecule has 9 heteroatoms. The van der Waals surface area contributed by atoms with E-state index in [-0.39, 0.29) is 17.6 Å². The number of nitrogens with one attached hydrogen (secondary N) is 1. The van der Waals surface area contributed by atoms with Gasteiger partial charge in [0, 0.05) is 49.8 Å². The van der Waals surface area contributed by atoms with Crippen LogP contribution in [0.4, 0.5) is 11.6 Å². The van der Waals surface area contributed by atoms with E-state index >= 15 is 0 Å². The van der Waals surface area contributed by atoms with Crippen molar-refractivity contribution in [3.8, 4) is 5.75 Å². The molecule has 1 saturated heterocycles. The van der Waals surface area contributed by atoms with Gasteiger partial charge < -0.3 is 19.9 Å². The van der Waals surface area contributed by atoms with Crippen LogP contribution in [0.2, 0.25) is 0 Å². The summed E-state index contributed by atoms with van der Waals surface area (Å²) in [5.41, 5.74) is 6.68. The number of nitrogen functional groups attached to an aromatic ring is 1. The average molecular weight is 444 g/mol. The van der Waals surface area contributed by atoms with Gasteiger partial charge >= 0.3 is 0 Å². The van der Waals surface area contributed by atoms with Gasteiger partial charge in [0.2, 0.25) is 0 Å². The number of nitrogens with zero attached hydrogens (tertiary/aromatic N) is 3. The number of piperidine rings is 1. The minimum Gasteiger partial charge on any atom is -0.598 e. The minimum atomic E-state index is -1.25. The van der Waals surface area contributed by atoms with Crippen molar-refractivity contribution in [3.63, 3.8) is 0 Å². The number of anilines is 2. The lowest BCUT2D eigenvalue weighted by molar-refractivity contribution is 0.0379. The third-order valence-electron chi connectivity index (χ3n) is 5.87. The lowest BCUT2D eigenvalue weighted by Crippen LogP contribution is -2.55. The molecule has 1 aromatic heterocycles. The van der Waals surface area contributed by atoms with Crippen molar-refractivity contribution in [1.29, 1.82) is 0 Å². The van der Waals surface area contributed by atoms with Crippen molar-refractivity contribution in [3.05, 3.63) is 41.7 Å². The molecule has 0 radical (unpaired) electrons. The van der Waals surface area contributed by atoms with Crippen LogP contribution < -0.4 is 20.1 Å². The highest BCUT2D eigenvalue weighted by Crippen LogP contribution is 2.49. The van der Waals surface area contributed by atoms with Crippen molar-refractivity contribution in [2.45, 2.75) is 56.9 Å². The molecule has 3 N–H and O–H groups in total. The number of aromatic nitrogens is 2. The van der Waals surface area contributed by atoms with Crippen molar-refractivity contribution in [2.24, 2.45) is 0 Å². The molecule has 1 unspecified atom stereocenters. The average Bonchev–Trinajstić information content (AvgIpc) is 3.00. The first-order chi connectivity index (χ1) is 14.6. The Morgan fingerprint density at radius 1 is 1.32 bits per heavy atom. The van der Waals surface area contributed by atoms with Crippen molar-refractivity contribution < 1.29 is 14.1 Å². The molecule has 2 atom stereocenters. The summed E-state index contributed by atoms with van der Waals surface area (Å²) in [6.45, 7) is 8.58. The summed E-state index contributed by atoms with van der Waals surface area (Å²) in [5.74, 6) is 1.48. The van der Waals surface area contributed by atoms with Gasteiger partial charge in [0.05, 0.1) is 6.20 Å². The van der Waals surface area contributed by atoms with Crippen molar-refractivity contribution >= 4 is 28.8 Å². The van der Waals surface area contributed by atoms with Gasteiger partial charge in [-0.05, 0) is 26.8 Å². The van der Waals surface area contributed by atoms with Crippen molar-refractivity contribution in [1.82, 2.24) is 14.7 Å². The van der Waals surface area contributed by atoms with Crippen LogP contribution in [-0.2, 0) is 11.4 Å². The van der Waals surface area contributed by atoms with Crippen LogP contribution in [0, 0.1) is 0 Å². The third kappa shape index (κ3) is 4.09. The number of carbonyl (C=O) groups is 1. The number of Topliss-reactive ketones (excluding diaryl/α,β-unsaturated/α-hetero) is 1. The predicted octanol–water partition coefficient (Wildman–Crippen LogP) is 2.79. The molecular formula is C22H29N5O3S. The number of nitrogens with two attached hydrogens (primary N) is 1. The van der Waals surface area contributed by atoms with E-state index in [1.54, 1.807) is 0 Å². The molecule has 1 spiro atoms. The molecule has 0 saturated carbocycles. The Morgan fingerprint density at radius 2 is 2.00 bits per heavy atom. The highest BCUT2D eigenvalue weighted by molar-refractivity contribution is 7.90. The maximum absolute atomic E-state index is 13.0. The molecule has 31 heavy (non-hydrogen) atoms. The summed E-state index contributed by atoms with van der Waals surface area (Å²) < 4.78 is 22.4. The summed E-state index contributed by atoms with van der Waals surface area (Å²) in [7, 11) is 0. The molecule has 2 aliphatic rings. The molecular weight excluding hydrogens is 414 g/mol. The number of ether oxygens (including phenoxy) is 1. The molecule has 0 bridgehead atoms. The van der Waals surface area contributed by atoms with Gasteiger partial charge in [-0.25, -0.2) is 9.97 Å². The Hall–Kier alpha value is -2.36. The second-order valence-corrected chi connectivity index (χ2v) is 11.1. The van der Waals surface area contributed by atoms with E-state index in [1.807, 2.05) is 49.9 Å². The van der Waals surface area contributed by atoms with Crippen LogP contribution in [0.15, 0.2) is 30.5 Å². The second kappa shape index (κ2) is 7.96. The van der Waals surface area contributed by atoms with Crippen LogP contribution in [-0.4, -0.2) is 43.7 Å². The predicted molar refractivity (Wildman–Crippen MR) is 121 cm³/mol. The van der Waals surface area contributed by atoms with E-state index in [9.17, 15) is 9.35 Å². The standard InChI is InChI=1S/C22H29N5O3S/c1-14(28)18-20(25-17(23)13-24-18)27-11-9-22(10-12-27)19(26-31(29)21(2,3)4)15-7-5-6-8-16(15)30-22/h5-8,13,19,26H,9-12H2,1-4H3,(H2,23,25)/t19-,31?/m1/s1. The largest absolute Gasteiger partial charge is 0.598 e. The van der Waals surface area contributed by atoms with E-state index in [2.05, 4.69) is 14.7 Å². The smallest absolute Gasteiger partial charge is 0.181 e. The number of benzene rings is 1. The van der Waals surface area contributed by atoms with Gasteiger partial charge in [-0.1, -0.05) is 18.2 Å². The molecule has 0 amide bonds. The summed E-state index contributed by atoms with van der Waals surface area (Å²) >= 11 is -1.25. The van der Waals surface area contributed by atoms with Crippen LogP contribution in [0.1, 0.15) is 62.6 Å². The minimum absolute atomic E-state index is 0.146. The zero-order valence-electron chi connectivity index (χ0n) is 18.3. The molecule has 1 fully saturated rings. The topological polar surface area (TPSA) is 116 Å². The first kappa shape index (κ1) is 21.9. The van der Waals surface area contributed by atoms with Crippen molar-refractivity contribution in [2.75, 3.05) is 23.7 Å². The third-order valence-corrected chi connectivity index (χ3v) is 7.43. The zero-order chi connectivity index (χ0) is 22.4. The lowest BCUT2D eigenvalue weighted by atomic mass is 9.83. The fourth-order valence-electron chi connectivity index (χ4n) is 4.18. The quantitative estimate of drug-likeness (QED) is 0.547. The van der Waals surface area contributed by atoms with Gasteiger partial charge in [-0.15, -0.1) is 4.72 Å². The summed E-state index contributed by atoms with van der Waals surface area (Å²) in [6.07, 6.45) is 2.76. The number of carbonyl (C=O) groups excluding carboxylic acids is 1. The molecule has 3 heterocycles. The van der Waals surface area contributed by atoms with Crippen LogP contribution >= 0.6 is 0 Å². The number of para-hydroxylation sites is 1. The van der Waals surface area contributed by atoms with E-state index < -0.39 is 21.7 Å². The Labute approximate surface area is 185 Å². The van der Waals surface area contributed by atoms with Gasteiger partial charge in [0.25, 0.3) is 0 Å². The van der Waals surface area contributed by atoms with E-state index in [0.717, 1.165) is 11.3 Å². The Morgan fingerprint density at radius 3 is 2.65 bits per heavy atom. The normalized spacial score (nSPS) is 20.9. The van der Waals surface area contributed by atoms with Gasteiger partial charge in [0.1, 0.15) is 33.7 Å². The number of rotatable bonds is 4. The number of ketones is 1. The van der Waals surface area contributed by atoms with E-state index in [4.69, 9.17) is 10.5 Å². The van der Waals surface area contributed by atoms with Crippen LogP contribution in [0.5, 0.6) is 5.75 Å². The summed E-state index contributed by atoms with van der Waals surface area (Å²) in [4.78, 5) is 22.7. The maximum atomic E-state index is 13.0. The van der Waals surface area contributed by atoms with E-state index in [0.29, 0.717) is 37.4 Å². The highest BCUT2D eigenvalue weighted by Gasteiger charge is 2.53. The fraction of sp³-hybridized carbons (Fsp3) is 0.500.